The van der Waals surface area contributed by atoms with Gasteiger partial charge in [-0.2, -0.15) is 5.26 Å². The molecule has 0 bridgehead atoms. The van der Waals surface area contributed by atoms with Crippen molar-refractivity contribution in [3.63, 3.8) is 0 Å². The third-order valence-corrected chi connectivity index (χ3v) is 5.54. The lowest BCUT2D eigenvalue weighted by Gasteiger charge is -2.34. The summed E-state index contributed by atoms with van der Waals surface area (Å²) in [5.74, 6) is -0.392. The van der Waals surface area contributed by atoms with Gasteiger partial charge < -0.3 is 20.7 Å². The highest BCUT2D eigenvalue weighted by molar-refractivity contribution is 6.16. The van der Waals surface area contributed by atoms with Crippen LogP contribution in [0, 0.1) is 28.0 Å². The summed E-state index contributed by atoms with van der Waals surface area (Å²) in [6.07, 6.45) is 4.48. The SMILES string of the molecule is COc1cc(C(=N)c2c(N)ncnc2NC2CCCN(C(=O)/C(C#N)=C/C(C)(C)C)C2)ccc1F. The van der Waals surface area contributed by atoms with Crippen LogP contribution in [0.5, 0.6) is 5.75 Å². The zero-order valence-electron chi connectivity index (χ0n) is 20.4. The number of nitriles is 1. The van der Waals surface area contributed by atoms with Crippen LogP contribution in [0.1, 0.15) is 44.7 Å². The lowest BCUT2D eigenvalue weighted by Crippen LogP contribution is -2.46. The molecule has 1 aromatic carbocycles. The van der Waals surface area contributed by atoms with E-state index in [9.17, 15) is 14.4 Å². The van der Waals surface area contributed by atoms with Crippen molar-refractivity contribution in [1.82, 2.24) is 14.9 Å². The van der Waals surface area contributed by atoms with Crippen LogP contribution in [0.25, 0.3) is 0 Å². The number of piperidine rings is 1. The molecule has 1 fully saturated rings. The summed E-state index contributed by atoms with van der Waals surface area (Å²) >= 11 is 0. The molecule has 4 N–H and O–H groups in total. The molecule has 1 amide bonds. The first kappa shape index (κ1) is 25.6. The third kappa shape index (κ3) is 6.12. The number of rotatable bonds is 6. The van der Waals surface area contributed by atoms with E-state index in [1.54, 1.807) is 11.0 Å². The monoisotopic (exact) mass is 479 g/mol. The van der Waals surface area contributed by atoms with Gasteiger partial charge in [0.25, 0.3) is 5.91 Å². The number of likely N-dealkylation sites (tertiary alicyclic amines) is 1. The van der Waals surface area contributed by atoms with Gasteiger partial charge in [-0.1, -0.05) is 26.8 Å². The quantitative estimate of drug-likeness (QED) is 0.327. The standard InChI is InChI=1S/C25H30FN7O2/c1-25(2,3)11-16(12-27)24(34)33-9-5-6-17(13-33)32-23-20(22(29)30-14-31-23)21(28)15-7-8-18(26)19(10-15)35-4/h7-8,10-11,14,17,28H,5-6,9,13H2,1-4H3,(H3,29,30,31,32)/b16-11+,28-21?. The van der Waals surface area contributed by atoms with E-state index in [0.29, 0.717) is 24.5 Å². The fourth-order valence-corrected chi connectivity index (χ4v) is 3.93. The summed E-state index contributed by atoms with van der Waals surface area (Å²) < 4.78 is 18.9. The zero-order chi connectivity index (χ0) is 25.8. The normalized spacial score (nSPS) is 16.4. The second kappa shape index (κ2) is 10.5. The average molecular weight is 480 g/mol. The summed E-state index contributed by atoms with van der Waals surface area (Å²) in [5.41, 5.74) is 6.60. The second-order valence-corrected chi connectivity index (χ2v) is 9.48. The fraction of sp³-hybridized carbons (Fsp3) is 0.400. The number of nitrogens with one attached hydrogen (secondary N) is 2. The van der Waals surface area contributed by atoms with E-state index in [2.05, 4.69) is 15.3 Å². The van der Waals surface area contributed by atoms with Crippen molar-refractivity contribution in [1.29, 1.82) is 10.7 Å². The van der Waals surface area contributed by atoms with E-state index in [1.165, 1.54) is 31.6 Å². The number of carbonyl (C=O) groups is 1. The molecule has 10 heteroatoms. The summed E-state index contributed by atoms with van der Waals surface area (Å²) in [6, 6.07) is 5.95. The van der Waals surface area contributed by atoms with Crippen molar-refractivity contribution in [3.8, 4) is 11.8 Å². The van der Waals surface area contributed by atoms with Crippen LogP contribution in [0.2, 0.25) is 0 Å². The van der Waals surface area contributed by atoms with Crippen molar-refractivity contribution >= 4 is 23.3 Å². The minimum Gasteiger partial charge on any atom is -0.494 e. The summed E-state index contributed by atoms with van der Waals surface area (Å²) in [4.78, 5) is 23.0. The number of hydrogen-bond acceptors (Lipinski definition) is 8. The summed E-state index contributed by atoms with van der Waals surface area (Å²) in [5, 5.41) is 21.5. The van der Waals surface area contributed by atoms with Crippen LogP contribution in [-0.4, -0.2) is 52.7 Å². The van der Waals surface area contributed by atoms with Crippen LogP contribution in [-0.2, 0) is 4.79 Å². The third-order valence-electron chi connectivity index (χ3n) is 5.54. The number of carbonyl (C=O) groups excluding carboxylic acids is 1. The van der Waals surface area contributed by atoms with Gasteiger partial charge in [0.1, 0.15) is 29.6 Å². The van der Waals surface area contributed by atoms with Gasteiger partial charge in [0, 0.05) is 24.7 Å². The predicted molar refractivity (Wildman–Crippen MR) is 132 cm³/mol. The molecule has 1 aliphatic rings. The van der Waals surface area contributed by atoms with Gasteiger partial charge in [-0.3, -0.25) is 10.2 Å². The Hall–Kier alpha value is -4.00. The number of hydrogen-bond donors (Lipinski definition) is 3. The number of ether oxygens (including phenoxy) is 1. The molecule has 1 aromatic heterocycles. The molecule has 184 valence electrons. The van der Waals surface area contributed by atoms with Gasteiger partial charge in [0.05, 0.1) is 18.4 Å². The Balaban J connectivity index is 1.84. The topological polar surface area (TPSA) is 141 Å². The Morgan fingerprint density at radius 2 is 2.14 bits per heavy atom. The molecule has 1 aliphatic heterocycles. The van der Waals surface area contributed by atoms with Crippen LogP contribution in [0.3, 0.4) is 0 Å². The van der Waals surface area contributed by atoms with Gasteiger partial charge in [0.2, 0.25) is 0 Å². The van der Waals surface area contributed by atoms with E-state index in [0.717, 1.165) is 12.8 Å². The second-order valence-electron chi connectivity index (χ2n) is 9.48. The predicted octanol–water partition coefficient (Wildman–Crippen LogP) is 3.52. The number of amides is 1. The molecule has 9 nitrogen and oxygen atoms in total. The van der Waals surface area contributed by atoms with Gasteiger partial charge in [-0.05, 0) is 36.5 Å². The van der Waals surface area contributed by atoms with E-state index < -0.39 is 5.82 Å². The van der Waals surface area contributed by atoms with Crippen molar-refractivity contribution in [2.75, 3.05) is 31.2 Å². The van der Waals surface area contributed by atoms with Crippen molar-refractivity contribution in [3.05, 3.63) is 53.1 Å². The molecule has 2 heterocycles. The number of methoxy groups -OCH3 is 1. The molecule has 2 aromatic rings. The first-order valence-corrected chi connectivity index (χ1v) is 11.3. The van der Waals surface area contributed by atoms with Crippen molar-refractivity contribution in [2.24, 2.45) is 5.41 Å². The first-order valence-electron chi connectivity index (χ1n) is 11.3. The van der Waals surface area contributed by atoms with Gasteiger partial charge in [0.15, 0.2) is 11.6 Å². The minimum absolute atomic E-state index is 0.00696. The molecule has 1 unspecified atom stereocenters. The molecule has 1 saturated heterocycles. The number of halogens is 1. The van der Waals surface area contributed by atoms with Crippen LogP contribution >= 0.6 is 0 Å². The number of allylic oxidation sites excluding steroid dienone is 1. The maximum Gasteiger partial charge on any atom is 0.264 e. The highest BCUT2D eigenvalue weighted by atomic mass is 19.1. The highest BCUT2D eigenvalue weighted by Gasteiger charge is 2.28. The average Bonchev–Trinajstić information content (AvgIpc) is 2.82. The van der Waals surface area contributed by atoms with E-state index in [1.807, 2.05) is 26.8 Å². The van der Waals surface area contributed by atoms with Crippen LogP contribution in [0.15, 0.2) is 36.2 Å². The molecule has 1 atom stereocenters. The van der Waals surface area contributed by atoms with Gasteiger partial charge in [-0.25, -0.2) is 14.4 Å². The van der Waals surface area contributed by atoms with Gasteiger partial charge >= 0.3 is 0 Å². The number of nitrogen functional groups attached to an aromatic ring is 1. The number of aromatic nitrogens is 2. The van der Waals surface area contributed by atoms with Gasteiger partial charge in [-0.15, -0.1) is 0 Å². The number of nitrogens with two attached hydrogens (primary N) is 1. The molecule has 0 spiro atoms. The lowest BCUT2D eigenvalue weighted by molar-refractivity contribution is -0.127. The summed E-state index contributed by atoms with van der Waals surface area (Å²) in [7, 11) is 1.35. The molecule has 0 saturated carbocycles. The Bertz CT molecular complexity index is 1200. The summed E-state index contributed by atoms with van der Waals surface area (Å²) in [6.45, 7) is 6.72. The van der Waals surface area contributed by atoms with Crippen LogP contribution in [0.4, 0.5) is 16.0 Å². The Morgan fingerprint density at radius 3 is 2.80 bits per heavy atom. The lowest BCUT2D eigenvalue weighted by atomic mass is 9.93. The van der Waals surface area contributed by atoms with Crippen LogP contribution < -0.4 is 15.8 Å². The molecule has 0 radical (unpaired) electrons. The highest BCUT2D eigenvalue weighted by Crippen LogP contribution is 2.27. The molecule has 3 rings (SSSR count). The number of nitrogens with zero attached hydrogens (tertiary/aromatic N) is 4. The Labute approximate surface area is 204 Å². The fourth-order valence-electron chi connectivity index (χ4n) is 3.93. The number of anilines is 2. The molecule has 0 aliphatic carbocycles. The smallest absolute Gasteiger partial charge is 0.264 e. The maximum atomic E-state index is 13.9. The zero-order valence-corrected chi connectivity index (χ0v) is 20.4. The van der Waals surface area contributed by atoms with Crippen molar-refractivity contribution < 1.29 is 13.9 Å². The largest absolute Gasteiger partial charge is 0.494 e. The number of benzene rings is 1. The minimum atomic E-state index is -0.538. The first-order chi connectivity index (χ1) is 16.5. The molecular weight excluding hydrogens is 449 g/mol. The molecule has 35 heavy (non-hydrogen) atoms. The van der Waals surface area contributed by atoms with Crippen molar-refractivity contribution in [2.45, 2.75) is 39.7 Å². The maximum absolute atomic E-state index is 13.9. The Morgan fingerprint density at radius 1 is 1.40 bits per heavy atom. The van der Waals surface area contributed by atoms with E-state index >= 15 is 0 Å². The van der Waals surface area contributed by atoms with E-state index in [4.69, 9.17) is 15.9 Å². The molecular formula is C25H30FN7O2. The Kier molecular flexibility index (Phi) is 7.69. The van der Waals surface area contributed by atoms with E-state index in [-0.39, 0.29) is 45.8 Å².